The molecule has 1 heterocycles. The Morgan fingerprint density at radius 3 is 2.56 bits per heavy atom. The number of hydrogen-bond donors (Lipinski definition) is 4. The van der Waals surface area contributed by atoms with Crippen LogP contribution in [0.4, 0.5) is 14.9 Å². The molecule has 5 N–H and O–H groups in total. The third kappa shape index (κ3) is 5.99. The van der Waals surface area contributed by atoms with Crippen LogP contribution in [0.1, 0.15) is 24.4 Å². The topological polar surface area (TPSA) is 151 Å². The standard InChI is InChI=1S/C22H22FIN4O6/c23-15-11-13(24)3-6-16(15)26-20(31)17(7-8-18(25)30)28-21(32)19(27-22(28)33)12-1-4-14(5-2-12)34-10-9-29/h1-6,11,17,19,29H,7-10H2,(H2,25,30)(H,26,31)(H,27,33)/t17?,19-/m1/s1. The van der Waals surface area contributed by atoms with Crippen molar-refractivity contribution in [1.29, 1.82) is 0 Å². The minimum absolute atomic E-state index is 0.101. The first-order valence-corrected chi connectivity index (χ1v) is 11.3. The van der Waals surface area contributed by atoms with E-state index in [2.05, 4.69) is 10.6 Å². The van der Waals surface area contributed by atoms with Crippen LogP contribution in [-0.2, 0) is 14.4 Å². The minimum atomic E-state index is -1.39. The number of imide groups is 1. The number of carbonyl (C=O) groups excluding carboxylic acids is 4. The van der Waals surface area contributed by atoms with Crippen molar-refractivity contribution in [2.24, 2.45) is 5.73 Å². The summed E-state index contributed by atoms with van der Waals surface area (Å²) in [7, 11) is 0. The smallest absolute Gasteiger partial charge is 0.325 e. The van der Waals surface area contributed by atoms with Crippen molar-refractivity contribution in [2.45, 2.75) is 24.9 Å². The Morgan fingerprint density at radius 2 is 1.94 bits per heavy atom. The molecule has 2 aromatic rings. The molecule has 0 radical (unpaired) electrons. The summed E-state index contributed by atoms with van der Waals surface area (Å²) in [6, 6.07) is 7.14. The number of hydrogen-bond acceptors (Lipinski definition) is 6. The molecule has 1 saturated heterocycles. The van der Waals surface area contributed by atoms with Crippen LogP contribution in [0.15, 0.2) is 42.5 Å². The number of aliphatic hydroxyl groups excluding tert-OH is 1. The summed E-state index contributed by atoms with van der Waals surface area (Å²) in [6.07, 6.45) is -0.501. The van der Waals surface area contributed by atoms with Crippen molar-refractivity contribution in [1.82, 2.24) is 10.2 Å². The number of ether oxygens (including phenoxy) is 1. The highest BCUT2D eigenvalue weighted by molar-refractivity contribution is 14.1. The van der Waals surface area contributed by atoms with Gasteiger partial charge < -0.3 is 26.2 Å². The Morgan fingerprint density at radius 1 is 1.24 bits per heavy atom. The van der Waals surface area contributed by atoms with Crippen LogP contribution in [0, 0.1) is 9.39 Å². The van der Waals surface area contributed by atoms with Gasteiger partial charge in [0.05, 0.1) is 12.3 Å². The van der Waals surface area contributed by atoms with E-state index < -0.39 is 41.7 Å². The highest BCUT2D eigenvalue weighted by Gasteiger charge is 2.45. The van der Waals surface area contributed by atoms with Crippen molar-refractivity contribution in [2.75, 3.05) is 18.5 Å². The predicted octanol–water partition coefficient (Wildman–Crippen LogP) is 1.67. The first-order valence-electron chi connectivity index (χ1n) is 10.2. The van der Waals surface area contributed by atoms with E-state index in [0.717, 1.165) is 4.90 Å². The van der Waals surface area contributed by atoms with E-state index in [1.165, 1.54) is 12.1 Å². The van der Waals surface area contributed by atoms with Crippen molar-refractivity contribution < 1.29 is 33.4 Å². The number of rotatable bonds is 10. The summed E-state index contributed by atoms with van der Waals surface area (Å²) in [5.74, 6) is -2.49. The molecule has 3 rings (SSSR count). The Bertz CT molecular complexity index is 1100. The number of urea groups is 1. The quantitative estimate of drug-likeness (QED) is 0.247. The number of carbonyl (C=O) groups is 4. The SMILES string of the molecule is NC(=O)CCC(C(=O)Nc1ccc(I)cc1F)N1C(=O)N[C@H](c2ccc(OCCO)cc2)C1=O. The average Bonchev–Trinajstić information content (AvgIpc) is 3.09. The number of halogens is 2. The zero-order chi connectivity index (χ0) is 24.8. The minimum Gasteiger partial charge on any atom is -0.491 e. The third-order valence-electron chi connectivity index (χ3n) is 5.01. The number of amides is 5. The first kappa shape index (κ1) is 25.4. The first-order chi connectivity index (χ1) is 16.2. The molecule has 1 unspecified atom stereocenters. The molecule has 1 fully saturated rings. The van der Waals surface area contributed by atoms with Gasteiger partial charge in [-0.15, -0.1) is 0 Å². The maximum atomic E-state index is 14.2. The number of nitrogens with zero attached hydrogens (tertiary/aromatic N) is 1. The van der Waals surface area contributed by atoms with Gasteiger partial charge in [-0.3, -0.25) is 14.4 Å². The summed E-state index contributed by atoms with van der Waals surface area (Å²) in [5.41, 5.74) is 5.52. The molecule has 1 aliphatic rings. The molecule has 0 saturated carbocycles. The molecular weight excluding hydrogens is 562 g/mol. The van der Waals surface area contributed by atoms with Crippen molar-refractivity contribution in [3.05, 3.63) is 57.4 Å². The van der Waals surface area contributed by atoms with Gasteiger partial charge in [-0.1, -0.05) is 12.1 Å². The van der Waals surface area contributed by atoms with Crippen molar-refractivity contribution in [3.8, 4) is 5.75 Å². The molecular formula is C22H22FIN4O6. The zero-order valence-electron chi connectivity index (χ0n) is 17.8. The molecule has 2 atom stereocenters. The van der Waals surface area contributed by atoms with Crippen molar-refractivity contribution in [3.63, 3.8) is 0 Å². The molecule has 0 aliphatic carbocycles. The summed E-state index contributed by atoms with van der Waals surface area (Å²) in [4.78, 5) is 50.9. The second-order valence-corrected chi connectivity index (χ2v) is 8.61. The fourth-order valence-electron chi connectivity index (χ4n) is 3.40. The maximum Gasteiger partial charge on any atom is 0.325 e. The van der Waals surface area contributed by atoms with Gasteiger partial charge in [0.2, 0.25) is 11.8 Å². The number of anilines is 1. The van der Waals surface area contributed by atoms with Crippen LogP contribution in [0.2, 0.25) is 0 Å². The van der Waals surface area contributed by atoms with E-state index in [9.17, 15) is 23.6 Å². The normalized spacial score (nSPS) is 16.2. The van der Waals surface area contributed by atoms with E-state index >= 15 is 0 Å². The predicted molar refractivity (Wildman–Crippen MR) is 127 cm³/mol. The molecule has 34 heavy (non-hydrogen) atoms. The van der Waals surface area contributed by atoms with E-state index in [1.807, 2.05) is 22.6 Å². The third-order valence-corrected chi connectivity index (χ3v) is 5.68. The summed E-state index contributed by atoms with van der Waals surface area (Å²) >= 11 is 1.91. The van der Waals surface area contributed by atoms with Gasteiger partial charge in [0.15, 0.2) is 0 Å². The number of benzene rings is 2. The van der Waals surface area contributed by atoms with Gasteiger partial charge in [-0.2, -0.15) is 0 Å². The van der Waals surface area contributed by atoms with Crippen LogP contribution in [0.25, 0.3) is 0 Å². The Hall–Kier alpha value is -3.26. The van der Waals surface area contributed by atoms with Gasteiger partial charge in [-0.05, 0) is 64.9 Å². The number of nitrogens with two attached hydrogens (primary N) is 1. The zero-order valence-corrected chi connectivity index (χ0v) is 20.0. The van der Waals surface area contributed by atoms with Crippen LogP contribution in [-0.4, -0.2) is 53.0 Å². The van der Waals surface area contributed by atoms with Gasteiger partial charge in [0.25, 0.3) is 5.91 Å². The molecule has 0 spiro atoms. The van der Waals surface area contributed by atoms with Gasteiger partial charge in [-0.25, -0.2) is 14.1 Å². The van der Waals surface area contributed by atoms with Crippen LogP contribution < -0.4 is 21.1 Å². The summed E-state index contributed by atoms with van der Waals surface area (Å²) in [6.45, 7) is -0.0568. The van der Waals surface area contributed by atoms with Gasteiger partial charge in [0, 0.05) is 9.99 Å². The van der Waals surface area contributed by atoms with Gasteiger partial charge >= 0.3 is 6.03 Å². The Labute approximate surface area is 207 Å². The molecule has 2 aromatic carbocycles. The molecule has 5 amide bonds. The number of primary amides is 1. The van der Waals surface area contributed by atoms with Crippen LogP contribution in [0.3, 0.4) is 0 Å². The fourth-order valence-corrected chi connectivity index (χ4v) is 3.85. The monoisotopic (exact) mass is 584 g/mol. The average molecular weight is 584 g/mol. The maximum absolute atomic E-state index is 14.2. The Balaban J connectivity index is 1.82. The molecule has 0 aromatic heterocycles. The second-order valence-electron chi connectivity index (χ2n) is 7.37. The largest absolute Gasteiger partial charge is 0.491 e. The lowest BCUT2D eigenvalue weighted by atomic mass is 10.0. The molecule has 1 aliphatic heterocycles. The highest BCUT2D eigenvalue weighted by Crippen LogP contribution is 2.27. The number of aliphatic hydroxyl groups is 1. The molecule has 0 bridgehead atoms. The lowest BCUT2D eigenvalue weighted by Gasteiger charge is -2.24. The molecule has 12 heteroatoms. The van der Waals surface area contributed by atoms with E-state index in [0.29, 0.717) is 14.9 Å². The molecule has 10 nitrogen and oxygen atoms in total. The summed E-state index contributed by atoms with van der Waals surface area (Å²) < 4.78 is 20.1. The lowest BCUT2D eigenvalue weighted by molar-refractivity contribution is -0.134. The van der Waals surface area contributed by atoms with E-state index in [1.54, 1.807) is 30.3 Å². The van der Waals surface area contributed by atoms with Gasteiger partial charge in [0.1, 0.15) is 30.3 Å². The van der Waals surface area contributed by atoms with E-state index in [4.69, 9.17) is 15.6 Å². The lowest BCUT2D eigenvalue weighted by Crippen LogP contribution is -2.48. The van der Waals surface area contributed by atoms with Crippen LogP contribution >= 0.6 is 22.6 Å². The number of nitrogens with one attached hydrogen (secondary N) is 2. The van der Waals surface area contributed by atoms with Crippen LogP contribution in [0.5, 0.6) is 5.75 Å². The highest BCUT2D eigenvalue weighted by atomic mass is 127. The Kier molecular flexibility index (Phi) is 8.39. The fraction of sp³-hybridized carbons (Fsp3) is 0.273. The van der Waals surface area contributed by atoms with Crippen molar-refractivity contribution >= 4 is 52.0 Å². The molecule has 180 valence electrons. The second kappa shape index (κ2) is 11.2. The summed E-state index contributed by atoms with van der Waals surface area (Å²) in [5, 5.41) is 13.7. The van der Waals surface area contributed by atoms with E-state index in [-0.39, 0.29) is 31.7 Å².